The van der Waals surface area contributed by atoms with Crippen LogP contribution in [0.1, 0.15) is 24.0 Å². The molecule has 1 fully saturated rings. The second-order valence-electron chi connectivity index (χ2n) is 6.89. The number of carbonyl (C=O) groups is 1. The van der Waals surface area contributed by atoms with Gasteiger partial charge in [-0.3, -0.25) is 4.79 Å². The summed E-state index contributed by atoms with van der Waals surface area (Å²) < 4.78 is 0.805. The first-order valence-electron chi connectivity index (χ1n) is 9.31. The fraction of sp³-hybridized carbons (Fsp3) is 0.286. The molecule has 1 N–H and O–H groups in total. The van der Waals surface area contributed by atoms with E-state index in [1.165, 1.54) is 34.2 Å². The van der Waals surface area contributed by atoms with Gasteiger partial charge in [0.2, 0.25) is 11.0 Å². The molecule has 7 heteroatoms. The maximum absolute atomic E-state index is 12.8. The van der Waals surface area contributed by atoms with Gasteiger partial charge in [0.15, 0.2) is 4.34 Å². The van der Waals surface area contributed by atoms with Gasteiger partial charge in [0.1, 0.15) is 0 Å². The fourth-order valence-electron chi connectivity index (χ4n) is 2.96. The fourth-order valence-corrected chi connectivity index (χ4v) is 4.62. The molecule has 1 aliphatic rings. The summed E-state index contributed by atoms with van der Waals surface area (Å²) >= 11 is 2.94. The van der Waals surface area contributed by atoms with Crippen molar-refractivity contribution in [3.05, 3.63) is 65.7 Å². The second kappa shape index (κ2) is 8.75. The number of aromatic nitrogens is 2. The molecule has 1 amide bonds. The Balaban J connectivity index is 1.33. The third kappa shape index (κ3) is 5.11. The third-order valence-corrected chi connectivity index (χ3v) is 6.46. The Morgan fingerprint density at radius 3 is 2.75 bits per heavy atom. The lowest BCUT2D eigenvalue weighted by Gasteiger charge is -2.22. The summed E-state index contributed by atoms with van der Waals surface area (Å²) in [7, 11) is 0. The number of hydrogen-bond acceptors (Lipinski definition) is 6. The van der Waals surface area contributed by atoms with E-state index in [9.17, 15) is 4.79 Å². The van der Waals surface area contributed by atoms with E-state index >= 15 is 0 Å². The number of thioether (sulfide) groups is 1. The van der Waals surface area contributed by atoms with Crippen LogP contribution in [0.3, 0.4) is 0 Å². The Hall–Kier alpha value is -2.38. The highest BCUT2D eigenvalue weighted by Gasteiger charge is 2.32. The van der Waals surface area contributed by atoms with Gasteiger partial charge < -0.3 is 10.2 Å². The van der Waals surface area contributed by atoms with Crippen LogP contribution in [0.5, 0.6) is 0 Å². The van der Waals surface area contributed by atoms with E-state index in [-0.39, 0.29) is 5.91 Å². The Labute approximate surface area is 173 Å². The van der Waals surface area contributed by atoms with Crippen LogP contribution >= 0.6 is 23.1 Å². The standard InChI is InChI=1S/C21H22N4OS2/c1-15-6-5-9-17(12-15)22-20-23-24-21(28-20)27-14-19(26)25(18-10-11-18)13-16-7-3-2-4-8-16/h2-9,12,18H,10-11,13-14H2,1H3,(H,22,23). The maximum atomic E-state index is 12.8. The van der Waals surface area contributed by atoms with Gasteiger partial charge in [-0.05, 0) is 43.0 Å². The van der Waals surface area contributed by atoms with Gasteiger partial charge in [-0.15, -0.1) is 10.2 Å². The minimum absolute atomic E-state index is 0.166. The first kappa shape index (κ1) is 19.0. The molecule has 5 nitrogen and oxygen atoms in total. The van der Waals surface area contributed by atoms with E-state index in [2.05, 4.69) is 46.7 Å². The molecule has 3 aromatic rings. The molecule has 0 aliphatic heterocycles. The summed E-state index contributed by atoms with van der Waals surface area (Å²) in [6.07, 6.45) is 2.21. The van der Waals surface area contributed by atoms with E-state index in [0.29, 0.717) is 18.3 Å². The lowest BCUT2D eigenvalue weighted by atomic mass is 10.2. The van der Waals surface area contributed by atoms with Gasteiger partial charge in [-0.25, -0.2) is 0 Å². The van der Waals surface area contributed by atoms with Crippen molar-refractivity contribution in [1.82, 2.24) is 15.1 Å². The van der Waals surface area contributed by atoms with Gasteiger partial charge in [-0.2, -0.15) is 0 Å². The van der Waals surface area contributed by atoms with Gasteiger partial charge >= 0.3 is 0 Å². The highest BCUT2D eigenvalue weighted by Crippen LogP contribution is 2.31. The molecular formula is C21H22N4OS2. The van der Waals surface area contributed by atoms with Gasteiger partial charge in [0.05, 0.1) is 5.75 Å². The molecular weight excluding hydrogens is 388 g/mol. The number of anilines is 2. The largest absolute Gasteiger partial charge is 0.335 e. The topological polar surface area (TPSA) is 58.1 Å². The SMILES string of the molecule is Cc1cccc(Nc2nnc(SCC(=O)N(Cc3ccccc3)C3CC3)s2)c1. The highest BCUT2D eigenvalue weighted by molar-refractivity contribution is 8.01. The molecule has 1 aliphatic carbocycles. The lowest BCUT2D eigenvalue weighted by molar-refractivity contribution is -0.129. The molecule has 2 aromatic carbocycles. The van der Waals surface area contributed by atoms with Gasteiger partial charge in [0, 0.05) is 18.3 Å². The molecule has 0 unspecified atom stereocenters. The minimum atomic E-state index is 0.166. The third-order valence-electron chi connectivity index (χ3n) is 4.50. The number of nitrogens with zero attached hydrogens (tertiary/aromatic N) is 3. The van der Waals surface area contributed by atoms with E-state index in [1.54, 1.807) is 0 Å². The zero-order chi connectivity index (χ0) is 19.3. The molecule has 144 valence electrons. The maximum Gasteiger partial charge on any atom is 0.233 e. The van der Waals surface area contributed by atoms with Crippen molar-refractivity contribution in [1.29, 1.82) is 0 Å². The van der Waals surface area contributed by atoms with Gasteiger partial charge in [-0.1, -0.05) is 65.6 Å². The summed E-state index contributed by atoms with van der Waals surface area (Å²) in [5.74, 6) is 0.558. The smallest absolute Gasteiger partial charge is 0.233 e. The zero-order valence-electron chi connectivity index (χ0n) is 15.7. The minimum Gasteiger partial charge on any atom is -0.335 e. The van der Waals surface area contributed by atoms with E-state index in [0.717, 1.165) is 28.0 Å². The normalized spacial score (nSPS) is 13.3. The molecule has 0 spiro atoms. The monoisotopic (exact) mass is 410 g/mol. The highest BCUT2D eigenvalue weighted by atomic mass is 32.2. The van der Waals surface area contributed by atoms with Crippen LogP contribution in [0, 0.1) is 6.92 Å². The summed E-state index contributed by atoms with van der Waals surface area (Å²) in [5.41, 5.74) is 3.35. The van der Waals surface area contributed by atoms with Crippen LogP contribution in [0.2, 0.25) is 0 Å². The van der Waals surface area contributed by atoms with Crippen LogP contribution in [0.4, 0.5) is 10.8 Å². The molecule has 0 radical (unpaired) electrons. The summed E-state index contributed by atoms with van der Waals surface area (Å²) in [6.45, 7) is 2.74. The molecule has 0 saturated heterocycles. The summed E-state index contributed by atoms with van der Waals surface area (Å²) in [4.78, 5) is 14.8. The lowest BCUT2D eigenvalue weighted by Crippen LogP contribution is -2.33. The number of carbonyl (C=O) groups excluding carboxylic acids is 1. The number of aryl methyl sites for hydroxylation is 1. The van der Waals surface area contributed by atoms with Crippen molar-refractivity contribution in [2.24, 2.45) is 0 Å². The van der Waals surface area contributed by atoms with E-state index < -0.39 is 0 Å². The van der Waals surface area contributed by atoms with Crippen LogP contribution in [-0.2, 0) is 11.3 Å². The molecule has 4 rings (SSSR count). The first-order valence-corrected chi connectivity index (χ1v) is 11.1. The Morgan fingerprint density at radius 2 is 2.00 bits per heavy atom. The van der Waals surface area contributed by atoms with Crippen molar-refractivity contribution >= 4 is 39.8 Å². The Bertz CT molecular complexity index is 940. The number of rotatable bonds is 8. The quantitative estimate of drug-likeness (QED) is 0.537. The number of amides is 1. The summed E-state index contributed by atoms with van der Waals surface area (Å²) in [5, 5.41) is 12.4. The van der Waals surface area contributed by atoms with Crippen LogP contribution < -0.4 is 5.32 Å². The molecule has 1 heterocycles. The van der Waals surface area contributed by atoms with Gasteiger partial charge in [0.25, 0.3) is 0 Å². The van der Waals surface area contributed by atoms with Crippen molar-refractivity contribution < 1.29 is 4.79 Å². The Kier molecular flexibility index (Phi) is 5.92. The number of nitrogens with one attached hydrogen (secondary N) is 1. The van der Waals surface area contributed by atoms with Crippen molar-refractivity contribution in [3.63, 3.8) is 0 Å². The molecule has 28 heavy (non-hydrogen) atoms. The van der Waals surface area contributed by atoms with Crippen LogP contribution in [0.25, 0.3) is 0 Å². The molecule has 0 atom stereocenters. The molecule has 1 saturated carbocycles. The van der Waals surface area contributed by atoms with Crippen molar-refractivity contribution in [3.8, 4) is 0 Å². The predicted octanol–water partition coefficient (Wildman–Crippen LogP) is 4.87. The predicted molar refractivity (Wildman–Crippen MR) is 115 cm³/mol. The first-order chi connectivity index (χ1) is 13.7. The molecule has 0 bridgehead atoms. The van der Waals surface area contributed by atoms with E-state index in [1.807, 2.05) is 35.2 Å². The molecule has 1 aromatic heterocycles. The average Bonchev–Trinajstić information content (AvgIpc) is 3.45. The average molecular weight is 411 g/mol. The van der Waals surface area contributed by atoms with Crippen LogP contribution in [0.15, 0.2) is 58.9 Å². The number of benzene rings is 2. The zero-order valence-corrected chi connectivity index (χ0v) is 17.3. The second-order valence-corrected chi connectivity index (χ2v) is 9.09. The van der Waals surface area contributed by atoms with Crippen molar-refractivity contribution in [2.75, 3.05) is 11.1 Å². The van der Waals surface area contributed by atoms with E-state index in [4.69, 9.17) is 0 Å². The summed E-state index contributed by atoms with van der Waals surface area (Å²) in [6, 6.07) is 18.7. The Morgan fingerprint density at radius 1 is 1.18 bits per heavy atom. The van der Waals surface area contributed by atoms with Crippen molar-refractivity contribution in [2.45, 2.75) is 36.7 Å². The number of hydrogen-bond donors (Lipinski definition) is 1. The van der Waals surface area contributed by atoms with Crippen LogP contribution in [-0.4, -0.2) is 32.8 Å².